The molecule has 1 atom stereocenters. The first kappa shape index (κ1) is 26.7. The Bertz CT molecular complexity index is 1180. The molecule has 0 aliphatic carbocycles. The van der Waals surface area contributed by atoms with Gasteiger partial charge in [-0.05, 0) is 55.7 Å². The van der Waals surface area contributed by atoms with E-state index in [0.717, 1.165) is 5.56 Å². The van der Waals surface area contributed by atoms with Crippen LogP contribution in [-0.4, -0.2) is 28.3 Å². The number of nitrogens with zero attached hydrogens (tertiary/aromatic N) is 1. The third-order valence-electron chi connectivity index (χ3n) is 5.42. The zero-order chi connectivity index (χ0) is 25.6. The highest BCUT2D eigenvalue weighted by molar-refractivity contribution is 6.35. The fourth-order valence-corrected chi connectivity index (χ4v) is 4.21. The molecule has 0 fully saturated rings. The van der Waals surface area contributed by atoms with Crippen molar-refractivity contribution in [2.24, 2.45) is 0 Å². The molecular weight excluding hydrogens is 486 g/mol. The summed E-state index contributed by atoms with van der Waals surface area (Å²) >= 11 is 12.5. The van der Waals surface area contributed by atoms with Crippen molar-refractivity contribution in [1.29, 1.82) is 0 Å². The lowest BCUT2D eigenvalue weighted by molar-refractivity contribution is -0.141. The Labute approximate surface area is 216 Å². The minimum absolute atomic E-state index is 0.0678. The molecule has 3 rings (SSSR count). The van der Waals surface area contributed by atoms with E-state index in [1.165, 1.54) is 11.0 Å². The van der Waals surface area contributed by atoms with E-state index in [-0.39, 0.29) is 36.8 Å². The van der Waals surface area contributed by atoms with Crippen molar-refractivity contribution in [3.8, 4) is 0 Å². The summed E-state index contributed by atoms with van der Waals surface area (Å²) in [6.07, 6.45) is 0.100. The Morgan fingerprint density at radius 2 is 1.60 bits per heavy atom. The lowest BCUT2D eigenvalue weighted by atomic mass is 9.99. The predicted octanol–water partition coefficient (Wildman–Crippen LogP) is 6.23. The fourth-order valence-electron chi connectivity index (χ4n) is 3.75. The van der Waals surface area contributed by atoms with E-state index < -0.39 is 17.4 Å². The van der Waals surface area contributed by atoms with Crippen molar-refractivity contribution in [2.75, 3.05) is 0 Å². The van der Waals surface area contributed by atoms with Crippen LogP contribution in [0.25, 0.3) is 0 Å². The molecule has 0 radical (unpaired) electrons. The summed E-state index contributed by atoms with van der Waals surface area (Å²) in [5, 5.41) is 3.85. The number of carbonyl (C=O) groups excluding carboxylic acids is 2. The summed E-state index contributed by atoms with van der Waals surface area (Å²) in [6.45, 7) is 5.71. The van der Waals surface area contributed by atoms with Gasteiger partial charge in [-0.1, -0.05) is 77.8 Å². The van der Waals surface area contributed by atoms with Gasteiger partial charge < -0.3 is 10.2 Å². The maximum atomic E-state index is 14.4. The Morgan fingerprint density at radius 3 is 2.23 bits per heavy atom. The molecule has 0 bridgehead atoms. The van der Waals surface area contributed by atoms with Crippen molar-refractivity contribution in [2.45, 2.75) is 51.7 Å². The van der Waals surface area contributed by atoms with E-state index in [4.69, 9.17) is 23.2 Å². The van der Waals surface area contributed by atoms with E-state index in [2.05, 4.69) is 5.32 Å². The summed E-state index contributed by atoms with van der Waals surface area (Å²) in [6, 6.07) is 19.8. The molecule has 0 heterocycles. The van der Waals surface area contributed by atoms with Crippen LogP contribution in [0.3, 0.4) is 0 Å². The Balaban J connectivity index is 2.03. The number of hydrogen-bond acceptors (Lipinski definition) is 2. The second-order valence-electron chi connectivity index (χ2n) is 9.47. The molecule has 0 saturated heterocycles. The van der Waals surface area contributed by atoms with Crippen LogP contribution in [0, 0.1) is 5.82 Å². The number of nitrogens with one attached hydrogen (secondary N) is 1. The van der Waals surface area contributed by atoms with Crippen molar-refractivity contribution in [3.63, 3.8) is 0 Å². The van der Waals surface area contributed by atoms with Gasteiger partial charge in [0, 0.05) is 28.5 Å². The maximum absolute atomic E-state index is 14.4. The summed E-state index contributed by atoms with van der Waals surface area (Å²) < 4.78 is 14.4. The molecule has 1 N–H and O–H groups in total. The summed E-state index contributed by atoms with van der Waals surface area (Å²) in [5.74, 6) is -1.15. The number of rotatable bonds is 8. The maximum Gasteiger partial charge on any atom is 0.243 e. The van der Waals surface area contributed by atoms with Crippen molar-refractivity contribution in [1.82, 2.24) is 10.2 Å². The minimum Gasteiger partial charge on any atom is -0.350 e. The van der Waals surface area contributed by atoms with Gasteiger partial charge in [0.15, 0.2) is 0 Å². The topological polar surface area (TPSA) is 49.4 Å². The largest absolute Gasteiger partial charge is 0.350 e. The van der Waals surface area contributed by atoms with Gasteiger partial charge in [0.1, 0.15) is 11.9 Å². The summed E-state index contributed by atoms with van der Waals surface area (Å²) in [7, 11) is 0. The van der Waals surface area contributed by atoms with Gasteiger partial charge in [-0.2, -0.15) is 0 Å². The van der Waals surface area contributed by atoms with Gasteiger partial charge in [-0.25, -0.2) is 4.39 Å². The van der Waals surface area contributed by atoms with E-state index >= 15 is 0 Å². The number of hydrogen-bond donors (Lipinski definition) is 1. The van der Waals surface area contributed by atoms with Crippen LogP contribution in [0.1, 0.15) is 37.5 Å². The van der Waals surface area contributed by atoms with Gasteiger partial charge in [-0.15, -0.1) is 0 Å². The Hall–Kier alpha value is -2.89. The number of benzene rings is 3. The monoisotopic (exact) mass is 514 g/mol. The van der Waals surface area contributed by atoms with Crippen LogP contribution in [0.5, 0.6) is 0 Å². The lowest BCUT2D eigenvalue weighted by Crippen LogP contribution is -2.54. The highest BCUT2D eigenvalue weighted by Gasteiger charge is 2.32. The summed E-state index contributed by atoms with van der Waals surface area (Å²) in [4.78, 5) is 28.7. The molecule has 7 heteroatoms. The van der Waals surface area contributed by atoms with Crippen LogP contribution >= 0.6 is 23.2 Å². The average molecular weight is 515 g/mol. The van der Waals surface area contributed by atoms with E-state index in [1.807, 2.05) is 51.1 Å². The SMILES string of the molecule is CC(C)(C)NC(=O)C(Cc1ccccc1)N(Cc1ccc(Cl)cc1Cl)C(=O)Cc1ccccc1F. The lowest BCUT2D eigenvalue weighted by Gasteiger charge is -2.34. The van der Waals surface area contributed by atoms with Crippen LogP contribution in [0.2, 0.25) is 10.0 Å². The Morgan fingerprint density at radius 1 is 0.943 bits per heavy atom. The van der Waals surface area contributed by atoms with Crippen LogP contribution in [0.4, 0.5) is 4.39 Å². The zero-order valence-corrected chi connectivity index (χ0v) is 21.5. The van der Waals surface area contributed by atoms with Crippen LogP contribution < -0.4 is 5.32 Å². The predicted molar refractivity (Wildman–Crippen MR) is 139 cm³/mol. The third-order valence-corrected chi connectivity index (χ3v) is 6.01. The molecule has 35 heavy (non-hydrogen) atoms. The van der Waals surface area contributed by atoms with E-state index in [9.17, 15) is 14.0 Å². The third kappa shape index (κ3) is 7.81. The van der Waals surface area contributed by atoms with Crippen molar-refractivity contribution >= 4 is 35.0 Å². The number of carbonyl (C=O) groups is 2. The van der Waals surface area contributed by atoms with Gasteiger partial charge >= 0.3 is 0 Å². The summed E-state index contributed by atoms with van der Waals surface area (Å²) in [5.41, 5.74) is 1.29. The number of halogens is 3. The van der Waals surface area contributed by atoms with Crippen LogP contribution in [0.15, 0.2) is 72.8 Å². The molecule has 3 aromatic carbocycles. The molecule has 184 valence electrons. The molecular formula is C28H29Cl2FN2O2. The quantitative estimate of drug-likeness (QED) is 0.387. The Kier molecular flexibility index (Phi) is 8.92. The van der Waals surface area contributed by atoms with Gasteiger partial charge in [0.2, 0.25) is 11.8 Å². The highest BCUT2D eigenvalue weighted by atomic mass is 35.5. The molecule has 2 amide bonds. The highest BCUT2D eigenvalue weighted by Crippen LogP contribution is 2.25. The molecule has 1 unspecified atom stereocenters. The second kappa shape index (κ2) is 11.7. The first-order valence-corrected chi connectivity index (χ1v) is 12.1. The molecule has 0 saturated carbocycles. The molecule has 0 aliphatic heterocycles. The van der Waals surface area contributed by atoms with Crippen molar-refractivity contribution in [3.05, 3.63) is 105 Å². The van der Waals surface area contributed by atoms with Gasteiger partial charge in [-0.3, -0.25) is 9.59 Å². The smallest absolute Gasteiger partial charge is 0.243 e. The van der Waals surface area contributed by atoms with E-state index in [0.29, 0.717) is 15.6 Å². The second-order valence-corrected chi connectivity index (χ2v) is 10.3. The normalized spacial score (nSPS) is 12.2. The molecule has 3 aromatic rings. The first-order valence-electron chi connectivity index (χ1n) is 11.4. The standard InChI is InChI=1S/C28H29Cl2FN2O2/c1-28(2,3)32-27(35)25(15-19-9-5-4-6-10-19)33(18-21-13-14-22(29)17-23(21)30)26(34)16-20-11-7-8-12-24(20)31/h4-14,17,25H,15-16,18H2,1-3H3,(H,32,35). The fraction of sp³-hybridized carbons (Fsp3) is 0.286. The minimum atomic E-state index is -0.845. The van der Waals surface area contributed by atoms with Crippen LogP contribution in [-0.2, 0) is 29.0 Å². The molecule has 0 aromatic heterocycles. The first-order chi connectivity index (χ1) is 16.5. The number of amides is 2. The molecule has 0 spiro atoms. The molecule has 4 nitrogen and oxygen atoms in total. The van der Waals surface area contributed by atoms with Gasteiger partial charge in [0.25, 0.3) is 0 Å². The van der Waals surface area contributed by atoms with Crippen molar-refractivity contribution < 1.29 is 14.0 Å². The molecule has 0 aliphatic rings. The zero-order valence-electron chi connectivity index (χ0n) is 20.0. The van der Waals surface area contributed by atoms with Gasteiger partial charge in [0.05, 0.1) is 6.42 Å². The van der Waals surface area contributed by atoms with E-state index in [1.54, 1.807) is 36.4 Å². The average Bonchev–Trinajstić information content (AvgIpc) is 2.78.